The molecule has 0 rings (SSSR count). The molecule has 0 aromatic heterocycles. The molecule has 144 valence electrons. The first-order valence-corrected chi connectivity index (χ1v) is 10.6. The van der Waals surface area contributed by atoms with Crippen molar-refractivity contribution >= 4 is 5.97 Å². The normalized spacial score (nSPS) is 12.8. The minimum absolute atomic E-state index is 0.0143. The van der Waals surface area contributed by atoms with E-state index in [1.54, 1.807) is 0 Å². The Balaban J connectivity index is 3.59. The summed E-state index contributed by atoms with van der Waals surface area (Å²) < 4.78 is 5.52. The van der Waals surface area contributed by atoms with Gasteiger partial charge in [-0.25, -0.2) is 0 Å². The van der Waals surface area contributed by atoms with Crippen LogP contribution in [-0.2, 0) is 9.53 Å². The Kier molecular flexibility index (Phi) is 15.6. The van der Waals surface area contributed by atoms with Crippen molar-refractivity contribution in [1.82, 2.24) is 0 Å². The van der Waals surface area contributed by atoms with Crippen molar-refractivity contribution in [2.75, 3.05) is 6.61 Å². The van der Waals surface area contributed by atoms with Gasteiger partial charge in [-0.15, -0.1) is 0 Å². The Morgan fingerprint density at radius 3 is 1.92 bits per heavy atom. The molecule has 0 amide bonds. The summed E-state index contributed by atoms with van der Waals surface area (Å²) in [5.41, 5.74) is 0. The van der Waals surface area contributed by atoms with Gasteiger partial charge in [0, 0.05) is 6.42 Å². The van der Waals surface area contributed by atoms with E-state index < -0.39 is 0 Å². The van der Waals surface area contributed by atoms with Gasteiger partial charge >= 0.3 is 5.97 Å². The van der Waals surface area contributed by atoms with E-state index in [4.69, 9.17) is 4.74 Å². The van der Waals surface area contributed by atoms with Gasteiger partial charge in [0.25, 0.3) is 0 Å². The number of esters is 1. The molecule has 0 radical (unpaired) electrons. The van der Waals surface area contributed by atoms with E-state index in [0.29, 0.717) is 18.9 Å². The van der Waals surface area contributed by atoms with E-state index in [9.17, 15) is 4.79 Å². The van der Waals surface area contributed by atoms with E-state index in [-0.39, 0.29) is 5.97 Å². The minimum atomic E-state index is 0.0143. The number of carbonyl (C=O) groups excluding carboxylic acids is 1. The highest BCUT2D eigenvalue weighted by Gasteiger charge is 2.12. The van der Waals surface area contributed by atoms with Crippen LogP contribution in [0.15, 0.2) is 0 Å². The number of ether oxygens (including phenoxy) is 1. The lowest BCUT2D eigenvalue weighted by atomic mass is 9.95. The molecular weight excluding hydrogens is 296 g/mol. The fourth-order valence-electron chi connectivity index (χ4n) is 3.10. The van der Waals surface area contributed by atoms with Gasteiger partial charge in [0.2, 0.25) is 0 Å². The maximum absolute atomic E-state index is 11.9. The van der Waals surface area contributed by atoms with Crippen LogP contribution in [0.1, 0.15) is 112 Å². The van der Waals surface area contributed by atoms with Crippen LogP contribution in [0.2, 0.25) is 0 Å². The van der Waals surface area contributed by atoms with Gasteiger partial charge in [0.15, 0.2) is 0 Å². The van der Waals surface area contributed by atoms with E-state index >= 15 is 0 Å². The Morgan fingerprint density at radius 2 is 1.33 bits per heavy atom. The molecule has 1 unspecified atom stereocenters. The molecule has 0 aromatic rings. The molecule has 0 aromatic carbocycles. The smallest absolute Gasteiger partial charge is 0.305 e. The van der Waals surface area contributed by atoms with Crippen LogP contribution in [0.4, 0.5) is 0 Å². The zero-order chi connectivity index (χ0) is 18.2. The highest BCUT2D eigenvalue weighted by Crippen LogP contribution is 2.18. The van der Waals surface area contributed by atoms with Gasteiger partial charge in [-0.1, -0.05) is 86.0 Å². The predicted molar refractivity (Wildman–Crippen MR) is 105 cm³/mol. The van der Waals surface area contributed by atoms with Gasteiger partial charge < -0.3 is 4.74 Å². The maximum Gasteiger partial charge on any atom is 0.305 e. The van der Waals surface area contributed by atoms with E-state index in [2.05, 4.69) is 34.6 Å². The van der Waals surface area contributed by atoms with Crippen molar-refractivity contribution in [2.45, 2.75) is 112 Å². The van der Waals surface area contributed by atoms with E-state index in [1.807, 2.05) is 0 Å². The molecule has 0 aliphatic heterocycles. The quantitative estimate of drug-likeness (QED) is 0.220. The molecule has 0 saturated carbocycles. The lowest BCUT2D eigenvalue weighted by Gasteiger charge is -2.17. The molecule has 1 atom stereocenters. The molecule has 2 nitrogen and oxygen atoms in total. The highest BCUT2D eigenvalue weighted by atomic mass is 16.5. The van der Waals surface area contributed by atoms with Crippen LogP contribution in [0, 0.1) is 17.8 Å². The molecule has 0 heterocycles. The Hall–Kier alpha value is -0.530. The van der Waals surface area contributed by atoms with E-state index in [1.165, 1.54) is 64.2 Å². The van der Waals surface area contributed by atoms with Gasteiger partial charge in [-0.2, -0.15) is 0 Å². The number of unbranched alkanes of at least 4 members (excludes halogenated alkanes) is 5. The molecule has 0 aliphatic carbocycles. The summed E-state index contributed by atoms with van der Waals surface area (Å²) in [5.74, 6) is 2.14. The Bertz CT molecular complexity index is 284. The highest BCUT2D eigenvalue weighted by molar-refractivity contribution is 5.69. The second-order valence-electron chi connectivity index (χ2n) is 8.36. The Morgan fingerprint density at radius 1 is 0.750 bits per heavy atom. The van der Waals surface area contributed by atoms with Crippen molar-refractivity contribution in [3.63, 3.8) is 0 Å². The van der Waals surface area contributed by atoms with Crippen molar-refractivity contribution in [3.05, 3.63) is 0 Å². The molecule has 0 spiro atoms. The molecule has 24 heavy (non-hydrogen) atoms. The molecule has 0 fully saturated rings. The fourth-order valence-corrected chi connectivity index (χ4v) is 3.10. The van der Waals surface area contributed by atoms with Crippen LogP contribution in [0.25, 0.3) is 0 Å². The second kappa shape index (κ2) is 16.0. The largest absolute Gasteiger partial charge is 0.465 e. The number of hydrogen-bond donors (Lipinski definition) is 0. The summed E-state index contributed by atoms with van der Waals surface area (Å²) in [6.45, 7) is 12.0. The lowest BCUT2D eigenvalue weighted by Crippen LogP contribution is -2.15. The number of hydrogen-bond acceptors (Lipinski definition) is 2. The topological polar surface area (TPSA) is 26.3 Å². The molecule has 0 bridgehead atoms. The summed E-state index contributed by atoms with van der Waals surface area (Å²) in [6.07, 6.45) is 14.2. The standard InChI is InChI=1S/C22H44O2/c1-6-13-21(17-16-20(4)5)18-24-22(23)15-12-10-8-7-9-11-14-19(2)3/h19-21H,6-18H2,1-5H3. The zero-order valence-electron chi connectivity index (χ0n) is 17.2. The number of rotatable bonds is 16. The first kappa shape index (κ1) is 23.5. The third-order valence-corrected chi connectivity index (χ3v) is 4.74. The molecule has 0 aliphatic rings. The summed E-state index contributed by atoms with van der Waals surface area (Å²) in [5, 5.41) is 0. The summed E-state index contributed by atoms with van der Waals surface area (Å²) in [4.78, 5) is 11.9. The SMILES string of the molecule is CCCC(CCC(C)C)COC(=O)CCCCCCCCC(C)C. The van der Waals surface area contributed by atoms with E-state index in [0.717, 1.165) is 18.3 Å². The third-order valence-electron chi connectivity index (χ3n) is 4.74. The zero-order valence-corrected chi connectivity index (χ0v) is 17.2. The van der Waals surface area contributed by atoms with Crippen molar-refractivity contribution in [3.8, 4) is 0 Å². The first-order valence-electron chi connectivity index (χ1n) is 10.6. The fraction of sp³-hybridized carbons (Fsp3) is 0.955. The van der Waals surface area contributed by atoms with Gasteiger partial charge in [0.05, 0.1) is 6.61 Å². The predicted octanol–water partition coefficient (Wildman–Crippen LogP) is 7.16. The molecule has 2 heteroatoms. The average Bonchev–Trinajstić information content (AvgIpc) is 2.52. The van der Waals surface area contributed by atoms with Gasteiger partial charge in [-0.3, -0.25) is 4.79 Å². The van der Waals surface area contributed by atoms with Crippen LogP contribution < -0.4 is 0 Å². The first-order chi connectivity index (χ1) is 11.5. The van der Waals surface area contributed by atoms with Crippen molar-refractivity contribution < 1.29 is 9.53 Å². The molecule has 0 N–H and O–H groups in total. The van der Waals surface area contributed by atoms with Crippen LogP contribution >= 0.6 is 0 Å². The molecule has 0 saturated heterocycles. The third kappa shape index (κ3) is 16.3. The second-order valence-corrected chi connectivity index (χ2v) is 8.36. The van der Waals surface area contributed by atoms with Gasteiger partial charge in [-0.05, 0) is 37.0 Å². The summed E-state index contributed by atoms with van der Waals surface area (Å²) in [6, 6.07) is 0. The molecular formula is C22H44O2. The monoisotopic (exact) mass is 340 g/mol. The van der Waals surface area contributed by atoms with Crippen LogP contribution in [0.5, 0.6) is 0 Å². The number of carbonyl (C=O) groups is 1. The lowest BCUT2D eigenvalue weighted by molar-refractivity contribution is -0.145. The van der Waals surface area contributed by atoms with Crippen LogP contribution in [0.3, 0.4) is 0 Å². The maximum atomic E-state index is 11.9. The Labute approximate surface area is 152 Å². The van der Waals surface area contributed by atoms with Crippen LogP contribution in [-0.4, -0.2) is 12.6 Å². The minimum Gasteiger partial charge on any atom is -0.465 e. The van der Waals surface area contributed by atoms with Crippen molar-refractivity contribution in [2.24, 2.45) is 17.8 Å². The summed E-state index contributed by atoms with van der Waals surface area (Å²) >= 11 is 0. The summed E-state index contributed by atoms with van der Waals surface area (Å²) in [7, 11) is 0. The van der Waals surface area contributed by atoms with Gasteiger partial charge in [0.1, 0.15) is 0 Å². The van der Waals surface area contributed by atoms with Crippen molar-refractivity contribution in [1.29, 1.82) is 0 Å². The average molecular weight is 341 g/mol.